The molecule has 0 radical (unpaired) electrons. The highest BCUT2D eigenvalue weighted by Crippen LogP contribution is 2.39. The van der Waals surface area contributed by atoms with Gasteiger partial charge in [0.1, 0.15) is 6.10 Å². The maximum absolute atomic E-state index is 12.8. The van der Waals surface area contributed by atoms with Gasteiger partial charge in [0, 0.05) is 17.7 Å². The van der Waals surface area contributed by atoms with Crippen molar-refractivity contribution in [3.8, 4) is 0 Å². The molecule has 1 aliphatic rings. The minimum atomic E-state index is -3.62. The molecule has 1 atom stereocenters. The number of ether oxygens (including phenoxy) is 1. The zero-order valence-electron chi connectivity index (χ0n) is 11.4. The molecule has 3 rings (SSSR count). The number of para-hydroxylation sites is 1. The molecule has 1 heterocycles. The zero-order chi connectivity index (χ0) is 15.0. The second-order valence-electron chi connectivity index (χ2n) is 4.77. The molecule has 4 nitrogen and oxygen atoms in total. The number of nitrogens with zero attached hydrogens (tertiary/aromatic N) is 1. The van der Waals surface area contributed by atoms with Gasteiger partial charge in [0.2, 0.25) is 0 Å². The van der Waals surface area contributed by atoms with Crippen molar-refractivity contribution in [3.63, 3.8) is 0 Å². The van der Waals surface area contributed by atoms with Crippen LogP contribution in [0, 0.1) is 0 Å². The van der Waals surface area contributed by atoms with Crippen LogP contribution in [-0.2, 0) is 14.8 Å². The number of anilines is 1. The second kappa shape index (κ2) is 5.33. The molecule has 6 heteroatoms. The summed E-state index contributed by atoms with van der Waals surface area (Å²) in [5.41, 5.74) is 1.55. The summed E-state index contributed by atoms with van der Waals surface area (Å²) in [5.74, 6) is 0. The predicted octanol–water partition coefficient (Wildman–Crippen LogP) is 3.24. The van der Waals surface area contributed by atoms with Crippen LogP contribution in [0.5, 0.6) is 0 Å². The summed E-state index contributed by atoms with van der Waals surface area (Å²) >= 11 is 5.82. The molecule has 2 aromatic rings. The summed E-state index contributed by atoms with van der Waals surface area (Å²) in [7, 11) is -2.03. The van der Waals surface area contributed by atoms with Gasteiger partial charge in [-0.2, -0.15) is 0 Å². The molecular weight excluding hydrogens is 310 g/mol. The van der Waals surface area contributed by atoms with E-state index in [1.165, 1.54) is 16.4 Å². The molecule has 0 spiro atoms. The van der Waals surface area contributed by atoms with Gasteiger partial charge in [0.15, 0.2) is 0 Å². The lowest BCUT2D eigenvalue weighted by Crippen LogP contribution is -2.30. The van der Waals surface area contributed by atoms with E-state index in [4.69, 9.17) is 16.3 Å². The highest BCUT2D eigenvalue weighted by Gasteiger charge is 2.36. The van der Waals surface area contributed by atoms with E-state index in [9.17, 15) is 8.42 Å². The smallest absolute Gasteiger partial charge is 0.264 e. The van der Waals surface area contributed by atoms with Crippen LogP contribution in [-0.4, -0.2) is 22.1 Å². The Morgan fingerprint density at radius 3 is 2.48 bits per heavy atom. The molecule has 1 unspecified atom stereocenters. The standard InChI is InChI=1S/C15H14ClNO3S/c1-20-15-10-17(14-5-3-2-4-13(14)15)21(18,19)12-8-6-11(16)7-9-12/h2-9,15H,10H2,1H3. The fourth-order valence-electron chi connectivity index (χ4n) is 2.50. The fourth-order valence-corrected chi connectivity index (χ4v) is 4.11. The van der Waals surface area contributed by atoms with E-state index in [1.54, 1.807) is 25.3 Å². The number of fused-ring (bicyclic) bond motifs is 1. The van der Waals surface area contributed by atoms with Gasteiger partial charge in [-0.1, -0.05) is 29.8 Å². The molecular formula is C15H14ClNO3S. The van der Waals surface area contributed by atoms with Crippen molar-refractivity contribution >= 4 is 27.3 Å². The third kappa shape index (κ3) is 2.41. The average molecular weight is 324 g/mol. The van der Waals surface area contributed by atoms with Crippen molar-refractivity contribution in [1.82, 2.24) is 0 Å². The molecule has 0 N–H and O–H groups in total. The van der Waals surface area contributed by atoms with Crippen LogP contribution in [0.2, 0.25) is 5.02 Å². The van der Waals surface area contributed by atoms with E-state index >= 15 is 0 Å². The van der Waals surface area contributed by atoms with Crippen molar-refractivity contribution in [1.29, 1.82) is 0 Å². The summed E-state index contributed by atoms with van der Waals surface area (Å²) in [6, 6.07) is 13.6. The number of sulfonamides is 1. The first-order chi connectivity index (χ1) is 10.0. The normalized spacial score (nSPS) is 17.8. The number of rotatable bonds is 3. The van der Waals surface area contributed by atoms with E-state index in [0.717, 1.165) is 5.56 Å². The predicted molar refractivity (Wildman–Crippen MR) is 82.2 cm³/mol. The number of hydrogen-bond acceptors (Lipinski definition) is 3. The molecule has 0 aromatic heterocycles. The molecule has 0 saturated heterocycles. The highest BCUT2D eigenvalue weighted by atomic mass is 35.5. The highest BCUT2D eigenvalue weighted by molar-refractivity contribution is 7.92. The van der Waals surface area contributed by atoms with E-state index in [2.05, 4.69) is 0 Å². The van der Waals surface area contributed by atoms with Crippen molar-refractivity contribution in [2.45, 2.75) is 11.0 Å². The van der Waals surface area contributed by atoms with E-state index in [1.807, 2.05) is 18.2 Å². The average Bonchev–Trinajstić information content (AvgIpc) is 2.87. The van der Waals surface area contributed by atoms with Gasteiger partial charge in [-0.25, -0.2) is 8.42 Å². The monoisotopic (exact) mass is 323 g/mol. The minimum Gasteiger partial charge on any atom is -0.375 e. The van der Waals surface area contributed by atoms with Gasteiger partial charge in [0.05, 0.1) is 17.1 Å². The summed E-state index contributed by atoms with van der Waals surface area (Å²) in [5, 5.41) is 0.505. The van der Waals surface area contributed by atoms with Crippen LogP contribution in [0.15, 0.2) is 53.4 Å². The van der Waals surface area contributed by atoms with Crippen LogP contribution < -0.4 is 4.31 Å². The van der Waals surface area contributed by atoms with E-state index in [-0.39, 0.29) is 17.5 Å². The molecule has 2 aromatic carbocycles. The van der Waals surface area contributed by atoms with E-state index < -0.39 is 10.0 Å². The molecule has 1 aliphatic heterocycles. The molecule has 110 valence electrons. The molecule has 0 fully saturated rings. The Kier molecular flexibility index (Phi) is 3.65. The largest absolute Gasteiger partial charge is 0.375 e. The summed E-state index contributed by atoms with van der Waals surface area (Å²) in [6.07, 6.45) is -0.247. The topological polar surface area (TPSA) is 46.6 Å². The van der Waals surface area contributed by atoms with Crippen molar-refractivity contribution < 1.29 is 13.2 Å². The minimum absolute atomic E-state index is 0.221. The Balaban J connectivity index is 2.07. The summed E-state index contributed by atoms with van der Waals surface area (Å²) < 4.78 is 32.4. The maximum atomic E-state index is 12.8. The zero-order valence-corrected chi connectivity index (χ0v) is 12.9. The lowest BCUT2D eigenvalue weighted by Gasteiger charge is -2.19. The molecule has 0 bridgehead atoms. The van der Waals surface area contributed by atoms with Gasteiger partial charge < -0.3 is 4.74 Å². The lowest BCUT2D eigenvalue weighted by atomic mass is 10.1. The molecule has 0 saturated carbocycles. The first-order valence-electron chi connectivity index (χ1n) is 6.44. The Morgan fingerprint density at radius 1 is 1.14 bits per heavy atom. The van der Waals surface area contributed by atoms with E-state index in [0.29, 0.717) is 10.7 Å². The summed E-state index contributed by atoms with van der Waals surface area (Å²) in [4.78, 5) is 0.221. The van der Waals surface area contributed by atoms with Crippen molar-refractivity contribution in [2.24, 2.45) is 0 Å². The number of methoxy groups -OCH3 is 1. The van der Waals surface area contributed by atoms with Crippen LogP contribution in [0.3, 0.4) is 0 Å². The van der Waals surface area contributed by atoms with Gasteiger partial charge in [-0.15, -0.1) is 0 Å². The van der Waals surface area contributed by atoms with Gasteiger partial charge in [0.25, 0.3) is 10.0 Å². The quantitative estimate of drug-likeness (QED) is 0.871. The Labute approximate surface area is 129 Å². The van der Waals surface area contributed by atoms with Crippen LogP contribution >= 0.6 is 11.6 Å². The van der Waals surface area contributed by atoms with Crippen molar-refractivity contribution in [3.05, 3.63) is 59.1 Å². The number of hydrogen-bond donors (Lipinski definition) is 0. The second-order valence-corrected chi connectivity index (χ2v) is 7.07. The van der Waals surface area contributed by atoms with Gasteiger partial charge in [-0.05, 0) is 30.3 Å². The summed E-state index contributed by atoms with van der Waals surface area (Å²) in [6.45, 7) is 0.279. The number of halogens is 1. The first-order valence-corrected chi connectivity index (χ1v) is 8.26. The third-order valence-electron chi connectivity index (χ3n) is 3.57. The third-order valence-corrected chi connectivity index (χ3v) is 5.62. The lowest BCUT2D eigenvalue weighted by molar-refractivity contribution is 0.118. The molecule has 0 amide bonds. The maximum Gasteiger partial charge on any atom is 0.264 e. The fraction of sp³-hybridized carbons (Fsp3) is 0.200. The Hall–Kier alpha value is -1.56. The van der Waals surface area contributed by atoms with Crippen molar-refractivity contribution in [2.75, 3.05) is 18.0 Å². The first kappa shape index (κ1) is 14.4. The molecule has 0 aliphatic carbocycles. The van der Waals surface area contributed by atoms with Crippen LogP contribution in [0.25, 0.3) is 0 Å². The van der Waals surface area contributed by atoms with Crippen LogP contribution in [0.4, 0.5) is 5.69 Å². The van der Waals surface area contributed by atoms with Gasteiger partial charge >= 0.3 is 0 Å². The Morgan fingerprint density at radius 2 is 1.81 bits per heavy atom. The van der Waals surface area contributed by atoms with Gasteiger partial charge in [-0.3, -0.25) is 4.31 Å². The SMILES string of the molecule is COC1CN(S(=O)(=O)c2ccc(Cl)cc2)c2ccccc21. The van der Waals surface area contributed by atoms with Crippen LogP contribution in [0.1, 0.15) is 11.7 Å². The Bertz CT molecular complexity index is 759. The number of benzene rings is 2. The molecule has 21 heavy (non-hydrogen) atoms.